The molecule has 1 amide bonds. The zero-order valence-corrected chi connectivity index (χ0v) is 16.9. The lowest BCUT2D eigenvalue weighted by atomic mass is 10.2. The van der Waals surface area contributed by atoms with Crippen LogP contribution in [0.5, 0.6) is 0 Å². The third-order valence-electron chi connectivity index (χ3n) is 3.76. The van der Waals surface area contributed by atoms with Gasteiger partial charge in [-0.05, 0) is 24.3 Å². The Morgan fingerprint density at radius 3 is 2.61 bits per heavy atom. The summed E-state index contributed by atoms with van der Waals surface area (Å²) in [7, 11) is -0.738. The topological polar surface area (TPSA) is 123 Å². The maximum atomic E-state index is 12.4. The number of non-ortho nitro benzene ring substituents is 1. The molecule has 1 N–H and O–H groups in total. The van der Waals surface area contributed by atoms with Crippen LogP contribution in [0.4, 0.5) is 10.8 Å². The van der Waals surface area contributed by atoms with E-state index in [1.807, 2.05) is 0 Å². The molecule has 9 nitrogen and oxygen atoms in total. The van der Waals surface area contributed by atoms with E-state index in [0.717, 1.165) is 21.7 Å². The number of carbonyl (C=O) groups excluding carboxylic acids is 1. The quantitative estimate of drug-likeness (QED) is 0.479. The van der Waals surface area contributed by atoms with Crippen molar-refractivity contribution in [3.63, 3.8) is 0 Å². The van der Waals surface area contributed by atoms with Crippen molar-refractivity contribution < 1.29 is 18.1 Å². The Bertz CT molecular complexity index is 1210. The van der Waals surface area contributed by atoms with Crippen LogP contribution in [-0.4, -0.2) is 42.6 Å². The van der Waals surface area contributed by atoms with E-state index in [1.54, 1.807) is 0 Å². The molecule has 0 saturated carbocycles. The van der Waals surface area contributed by atoms with E-state index >= 15 is 0 Å². The summed E-state index contributed by atoms with van der Waals surface area (Å²) in [5, 5.41) is 13.7. The van der Waals surface area contributed by atoms with Crippen molar-refractivity contribution in [1.82, 2.24) is 9.29 Å². The maximum absolute atomic E-state index is 12.4. The average molecular weight is 441 g/mol. The van der Waals surface area contributed by atoms with Gasteiger partial charge in [-0.3, -0.25) is 20.2 Å². The number of benzene rings is 2. The van der Waals surface area contributed by atoms with Gasteiger partial charge in [-0.1, -0.05) is 22.9 Å². The van der Waals surface area contributed by atoms with Gasteiger partial charge >= 0.3 is 0 Å². The molecule has 0 unspecified atom stereocenters. The molecule has 3 aromatic rings. The number of halogens is 1. The predicted molar refractivity (Wildman–Crippen MR) is 107 cm³/mol. The standard InChI is InChI=1S/C16H13ClN4O5S2/c1-20(2)28(25,26)10-4-6-13-14(8-10)27-16(18-13)19-15(22)11-7-9(21(23)24)3-5-12(11)17/h3-8H,1-2H3,(H,18,19,22). The Balaban J connectivity index is 1.92. The molecule has 3 rings (SSSR count). The molecular weight excluding hydrogens is 428 g/mol. The van der Waals surface area contributed by atoms with Gasteiger partial charge in [-0.2, -0.15) is 0 Å². The van der Waals surface area contributed by atoms with E-state index < -0.39 is 20.9 Å². The predicted octanol–water partition coefficient (Wildman–Crippen LogP) is 3.36. The van der Waals surface area contributed by atoms with Crippen LogP contribution >= 0.6 is 22.9 Å². The number of anilines is 1. The molecule has 0 fully saturated rings. The molecule has 0 aliphatic heterocycles. The molecule has 28 heavy (non-hydrogen) atoms. The summed E-state index contributed by atoms with van der Waals surface area (Å²) in [4.78, 5) is 27.1. The number of sulfonamides is 1. The highest BCUT2D eigenvalue weighted by Crippen LogP contribution is 2.30. The molecular formula is C16H13ClN4O5S2. The Morgan fingerprint density at radius 1 is 1.25 bits per heavy atom. The molecule has 2 aromatic carbocycles. The van der Waals surface area contributed by atoms with Crippen LogP contribution in [0.15, 0.2) is 41.3 Å². The fraction of sp³-hybridized carbons (Fsp3) is 0.125. The third-order valence-corrected chi connectivity index (χ3v) is 6.84. The van der Waals surface area contributed by atoms with Gasteiger partial charge in [0, 0.05) is 26.2 Å². The van der Waals surface area contributed by atoms with E-state index in [-0.39, 0.29) is 26.3 Å². The number of nitro groups is 1. The van der Waals surface area contributed by atoms with Crippen LogP contribution in [0.25, 0.3) is 10.2 Å². The summed E-state index contributed by atoms with van der Waals surface area (Å²) >= 11 is 7.05. The summed E-state index contributed by atoms with van der Waals surface area (Å²) in [5.41, 5.74) is 0.173. The highest BCUT2D eigenvalue weighted by Gasteiger charge is 2.20. The van der Waals surface area contributed by atoms with Crippen LogP contribution in [0.3, 0.4) is 0 Å². The molecule has 0 atom stereocenters. The first-order chi connectivity index (χ1) is 13.1. The number of nitrogens with zero attached hydrogens (tertiary/aromatic N) is 3. The number of carbonyl (C=O) groups is 1. The summed E-state index contributed by atoms with van der Waals surface area (Å²) in [6.07, 6.45) is 0. The Hall–Kier alpha value is -2.60. The third kappa shape index (κ3) is 3.83. The van der Waals surface area contributed by atoms with Crippen LogP contribution < -0.4 is 5.32 Å². The molecule has 12 heteroatoms. The Kier molecular flexibility index (Phi) is 5.35. The van der Waals surface area contributed by atoms with Crippen molar-refractivity contribution >= 4 is 59.9 Å². The normalized spacial score (nSPS) is 11.7. The number of thiazole rings is 1. The number of nitrogens with one attached hydrogen (secondary N) is 1. The fourth-order valence-electron chi connectivity index (χ4n) is 2.29. The van der Waals surface area contributed by atoms with Crippen molar-refractivity contribution in [1.29, 1.82) is 0 Å². The largest absolute Gasteiger partial charge is 0.298 e. The molecule has 0 radical (unpaired) electrons. The van der Waals surface area contributed by atoms with Crippen molar-refractivity contribution in [3.8, 4) is 0 Å². The van der Waals surface area contributed by atoms with Crippen molar-refractivity contribution in [2.75, 3.05) is 19.4 Å². The van der Waals surface area contributed by atoms with E-state index in [9.17, 15) is 23.3 Å². The lowest BCUT2D eigenvalue weighted by Gasteiger charge is -2.10. The second-order valence-corrected chi connectivity index (χ2v) is 9.40. The van der Waals surface area contributed by atoms with Crippen molar-refractivity contribution in [3.05, 3.63) is 57.1 Å². The number of hydrogen-bond acceptors (Lipinski definition) is 7. The minimum Gasteiger partial charge on any atom is -0.298 e. The molecule has 0 saturated heterocycles. The highest BCUT2D eigenvalue weighted by molar-refractivity contribution is 7.89. The van der Waals surface area contributed by atoms with Crippen molar-refractivity contribution in [2.45, 2.75) is 4.90 Å². The monoisotopic (exact) mass is 440 g/mol. The lowest BCUT2D eigenvalue weighted by molar-refractivity contribution is -0.384. The van der Waals surface area contributed by atoms with E-state index in [2.05, 4.69) is 10.3 Å². The van der Waals surface area contributed by atoms with Crippen LogP contribution in [0.1, 0.15) is 10.4 Å². The Morgan fingerprint density at radius 2 is 1.96 bits per heavy atom. The SMILES string of the molecule is CN(C)S(=O)(=O)c1ccc2nc(NC(=O)c3cc([N+](=O)[O-])ccc3Cl)sc2c1. The summed E-state index contributed by atoms with van der Waals surface area (Å²) in [5.74, 6) is -0.658. The summed E-state index contributed by atoms with van der Waals surface area (Å²) < 4.78 is 26.1. The van der Waals surface area contributed by atoms with Gasteiger partial charge in [0.25, 0.3) is 11.6 Å². The van der Waals surface area contributed by atoms with Gasteiger partial charge < -0.3 is 0 Å². The fourth-order valence-corrected chi connectivity index (χ4v) is 4.40. The molecule has 0 aliphatic rings. The van der Waals surface area contributed by atoms with Crippen molar-refractivity contribution in [2.24, 2.45) is 0 Å². The minimum absolute atomic E-state index is 0.0589. The van der Waals surface area contributed by atoms with Crippen LogP contribution in [0, 0.1) is 10.1 Å². The number of rotatable bonds is 5. The molecule has 1 aromatic heterocycles. The molecule has 0 spiro atoms. The first-order valence-corrected chi connectivity index (χ1v) is 10.3. The summed E-state index contributed by atoms with van der Waals surface area (Å²) in [6.45, 7) is 0. The lowest BCUT2D eigenvalue weighted by Crippen LogP contribution is -2.22. The Labute approximate surface area is 168 Å². The number of aromatic nitrogens is 1. The van der Waals surface area contributed by atoms with Crippen LogP contribution in [0.2, 0.25) is 5.02 Å². The maximum Gasteiger partial charge on any atom is 0.270 e. The average Bonchev–Trinajstić information content (AvgIpc) is 3.02. The van der Waals surface area contributed by atoms with Gasteiger partial charge in [0.05, 0.1) is 30.6 Å². The number of hydrogen-bond donors (Lipinski definition) is 1. The van der Waals surface area contributed by atoms with E-state index in [4.69, 9.17) is 11.6 Å². The molecule has 146 valence electrons. The van der Waals surface area contributed by atoms with Gasteiger partial charge in [-0.15, -0.1) is 0 Å². The summed E-state index contributed by atoms with van der Waals surface area (Å²) in [6, 6.07) is 7.98. The molecule has 0 bridgehead atoms. The zero-order chi connectivity index (χ0) is 20.6. The molecule has 0 aliphatic carbocycles. The minimum atomic E-state index is -3.60. The van der Waals surface area contributed by atoms with Gasteiger partial charge in [-0.25, -0.2) is 17.7 Å². The number of amides is 1. The molecule has 1 heterocycles. The first kappa shape index (κ1) is 20.1. The number of nitro benzene ring substituents is 1. The first-order valence-electron chi connectivity index (χ1n) is 7.68. The zero-order valence-electron chi connectivity index (χ0n) is 14.5. The van der Waals surface area contributed by atoms with Crippen LogP contribution in [-0.2, 0) is 10.0 Å². The number of fused-ring (bicyclic) bond motifs is 1. The second kappa shape index (κ2) is 7.43. The second-order valence-electron chi connectivity index (χ2n) is 5.81. The highest BCUT2D eigenvalue weighted by atomic mass is 35.5. The van der Waals surface area contributed by atoms with Gasteiger partial charge in [0.2, 0.25) is 10.0 Å². The van der Waals surface area contributed by atoms with Gasteiger partial charge in [0.1, 0.15) is 0 Å². The van der Waals surface area contributed by atoms with E-state index in [0.29, 0.717) is 10.2 Å². The smallest absolute Gasteiger partial charge is 0.270 e. The van der Waals surface area contributed by atoms with E-state index in [1.165, 1.54) is 44.4 Å². The van der Waals surface area contributed by atoms with Gasteiger partial charge in [0.15, 0.2) is 5.13 Å².